The second-order valence-corrected chi connectivity index (χ2v) is 3.41. The Balaban J connectivity index is 2.41. The quantitative estimate of drug-likeness (QED) is 0.567. The van der Waals surface area contributed by atoms with Crippen molar-refractivity contribution in [1.82, 2.24) is 0 Å². The fourth-order valence-electron chi connectivity index (χ4n) is 1.31. The molecule has 0 unspecified atom stereocenters. The Bertz CT molecular complexity index is 417. The van der Waals surface area contributed by atoms with Crippen molar-refractivity contribution in [3.8, 4) is 0 Å². The molecule has 1 heterocycles. The molecule has 0 aliphatic carbocycles. The highest BCUT2D eigenvalue weighted by Gasteiger charge is 2.16. The fourth-order valence-corrected chi connectivity index (χ4v) is 1.48. The van der Waals surface area contributed by atoms with Crippen molar-refractivity contribution in [3.05, 3.63) is 28.7 Å². The van der Waals surface area contributed by atoms with E-state index in [9.17, 15) is 4.91 Å². The summed E-state index contributed by atoms with van der Waals surface area (Å²) in [5.74, 6) is 0. The van der Waals surface area contributed by atoms with Gasteiger partial charge in [0.25, 0.3) is 10.9 Å². The maximum Gasteiger partial charge on any atom is 0.261 e. The van der Waals surface area contributed by atoms with Gasteiger partial charge in [-0.15, -0.1) is 0 Å². The smallest absolute Gasteiger partial charge is 0.261 e. The van der Waals surface area contributed by atoms with Crippen molar-refractivity contribution < 1.29 is 9.50 Å². The summed E-state index contributed by atoms with van der Waals surface area (Å²) in [6.07, 6.45) is 0. The van der Waals surface area contributed by atoms with Gasteiger partial charge in [-0.05, 0) is 18.3 Å². The molecule has 14 heavy (non-hydrogen) atoms. The van der Waals surface area contributed by atoms with Crippen LogP contribution in [-0.2, 0) is 11.3 Å². The van der Waals surface area contributed by atoms with Gasteiger partial charge in [-0.1, -0.05) is 0 Å². The number of benzene rings is 1. The van der Waals surface area contributed by atoms with Crippen LogP contribution in [0.3, 0.4) is 0 Å². The van der Waals surface area contributed by atoms with Crippen LogP contribution in [0.2, 0.25) is 0 Å². The van der Waals surface area contributed by atoms with Crippen LogP contribution in [0.1, 0.15) is 5.56 Å². The lowest BCUT2D eigenvalue weighted by molar-refractivity contribution is -0.428. The van der Waals surface area contributed by atoms with Crippen LogP contribution in [0.4, 0.5) is 11.4 Å². The van der Waals surface area contributed by atoms with E-state index in [1.54, 1.807) is 12.1 Å². The average molecular weight is 209 g/mol. The van der Waals surface area contributed by atoms with Crippen molar-refractivity contribution in [2.24, 2.45) is 0 Å². The van der Waals surface area contributed by atoms with Gasteiger partial charge in [0.1, 0.15) is 6.61 Å². The molecule has 5 heteroatoms. The molecule has 1 N–H and O–H groups in total. The molecule has 4 nitrogen and oxygen atoms in total. The molecule has 0 bridgehead atoms. The Hall–Kier alpha value is -1.49. The molecular formula is C9H9N2O2S+. The molecule has 0 amide bonds. The Morgan fingerprint density at radius 2 is 2.36 bits per heavy atom. The van der Waals surface area contributed by atoms with Gasteiger partial charge in [-0.25, -0.2) is 0 Å². The third kappa shape index (κ3) is 1.58. The number of anilines is 1. The van der Waals surface area contributed by atoms with E-state index in [0.717, 1.165) is 16.0 Å². The first-order valence-corrected chi connectivity index (χ1v) is 4.55. The van der Waals surface area contributed by atoms with Crippen LogP contribution < -0.4 is 5.32 Å². The van der Waals surface area contributed by atoms with E-state index in [-0.39, 0.29) is 0 Å². The van der Waals surface area contributed by atoms with Gasteiger partial charge in [0.05, 0.1) is 0 Å². The summed E-state index contributed by atoms with van der Waals surface area (Å²) >= 11 is 4.86. The number of fused-ring (bicyclic) bond motifs is 1. The highest BCUT2D eigenvalue weighted by Crippen LogP contribution is 2.25. The second-order valence-electron chi connectivity index (χ2n) is 3.04. The SMILES string of the molecule is C[N+](=O)c1ccc2c(c1)COC(=S)N2. The zero-order valence-electron chi connectivity index (χ0n) is 7.61. The summed E-state index contributed by atoms with van der Waals surface area (Å²) in [5.41, 5.74) is 2.47. The number of thiocarbonyl (C=S) groups is 1. The maximum atomic E-state index is 11.0. The van der Waals surface area contributed by atoms with Gasteiger partial charge in [0.2, 0.25) is 0 Å². The highest BCUT2D eigenvalue weighted by atomic mass is 32.1. The summed E-state index contributed by atoms with van der Waals surface area (Å²) in [7, 11) is 1.46. The summed E-state index contributed by atoms with van der Waals surface area (Å²) in [6.45, 7) is 0.419. The summed E-state index contributed by atoms with van der Waals surface area (Å²) in [6, 6.07) is 5.36. The largest absolute Gasteiger partial charge is 0.466 e. The molecule has 1 aromatic rings. The van der Waals surface area contributed by atoms with Crippen LogP contribution in [0.5, 0.6) is 0 Å². The van der Waals surface area contributed by atoms with E-state index in [2.05, 4.69) is 5.32 Å². The average Bonchev–Trinajstić information content (AvgIpc) is 2.16. The predicted molar refractivity (Wildman–Crippen MR) is 56.7 cm³/mol. The topological polar surface area (TPSA) is 41.3 Å². The Kier molecular flexibility index (Phi) is 2.17. The van der Waals surface area contributed by atoms with Gasteiger partial charge >= 0.3 is 0 Å². The van der Waals surface area contributed by atoms with Crippen LogP contribution in [0.25, 0.3) is 0 Å². The summed E-state index contributed by atoms with van der Waals surface area (Å²) in [4.78, 5) is 11.0. The number of nitroso groups, excluding NO2 is 1. The third-order valence-corrected chi connectivity index (χ3v) is 2.27. The van der Waals surface area contributed by atoms with Gasteiger partial charge in [0, 0.05) is 33.1 Å². The van der Waals surface area contributed by atoms with Gasteiger partial charge < -0.3 is 10.1 Å². The lowest BCUT2D eigenvalue weighted by Crippen LogP contribution is -2.19. The van der Waals surface area contributed by atoms with E-state index in [0.29, 0.717) is 17.5 Å². The molecule has 0 spiro atoms. The molecule has 1 aromatic carbocycles. The number of nitrogens with one attached hydrogen (secondary N) is 1. The molecule has 0 aromatic heterocycles. The molecule has 0 atom stereocenters. The maximum absolute atomic E-state index is 11.0. The zero-order chi connectivity index (χ0) is 10.1. The van der Waals surface area contributed by atoms with E-state index >= 15 is 0 Å². The molecule has 1 aliphatic rings. The molecule has 0 fully saturated rings. The zero-order valence-corrected chi connectivity index (χ0v) is 8.43. The highest BCUT2D eigenvalue weighted by molar-refractivity contribution is 7.80. The molecule has 2 rings (SSSR count). The fraction of sp³-hybridized carbons (Fsp3) is 0.222. The second kappa shape index (κ2) is 3.34. The van der Waals surface area contributed by atoms with E-state index in [1.165, 1.54) is 7.05 Å². The Morgan fingerprint density at radius 3 is 3.07 bits per heavy atom. The van der Waals surface area contributed by atoms with Gasteiger partial charge in [-0.3, -0.25) is 0 Å². The monoisotopic (exact) mass is 209 g/mol. The Morgan fingerprint density at radius 1 is 1.57 bits per heavy atom. The van der Waals surface area contributed by atoms with E-state index < -0.39 is 0 Å². The van der Waals surface area contributed by atoms with E-state index in [1.807, 2.05) is 6.07 Å². The standard InChI is InChI=1S/C9H8N2O2S/c1-11(12)7-2-3-8-6(4-7)5-13-9(14)10-8/h2-4H,5H2,1H3/p+1. The summed E-state index contributed by atoms with van der Waals surface area (Å²) in [5, 5.41) is 3.29. The number of ether oxygens (including phenoxy) is 1. The minimum Gasteiger partial charge on any atom is -0.466 e. The van der Waals surface area contributed by atoms with Crippen molar-refractivity contribution in [2.45, 2.75) is 6.61 Å². The molecule has 0 saturated heterocycles. The first-order valence-electron chi connectivity index (χ1n) is 4.14. The van der Waals surface area contributed by atoms with Crippen LogP contribution in [0.15, 0.2) is 18.2 Å². The Labute approximate surface area is 86.4 Å². The third-order valence-electron chi connectivity index (χ3n) is 2.05. The van der Waals surface area contributed by atoms with Crippen LogP contribution in [-0.4, -0.2) is 17.0 Å². The van der Waals surface area contributed by atoms with Crippen LogP contribution >= 0.6 is 12.2 Å². The number of hydrogen-bond donors (Lipinski definition) is 1. The number of rotatable bonds is 1. The summed E-state index contributed by atoms with van der Waals surface area (Å²) < 4.78 is 5.95. The lowest BCUT2D eigenvalue weighted by Gasteiger charge is -2.18. The first-order chi connectivity index (χ1) is 6.66. The van der Waals surface area contributed by atoms with Gasteiger partial charge in [0.15, 0.2) is 7.05 Å². The normalized spacial score (nSPS) is 13.9. The van der Waals surface area contributed by atoms with Crippen molar-refractivity contribution >= 4 is 28.8 Å². The van der Waals surface area contributed by atoms with E-state index in [4.69, 9.17) is 17.0 Å². The minimum atomic E-state index is 0.376. The number of nitrogens with zero attached hydrogens (tertiary/aromatic N) is 1. The number of hydrogen-bond acceptors (Lipinski definition) is 3. The first kappa shape index (κ1) is 9.08. The lowest BCUT2D eigenvalue weighted by atomic mass is 10.1. The van der Waals surface area contributed by atoms with Crippen molar-refractivity contribution in [1.29, 1.82) is 0 Å². The van der Waals surface area contributed by atoms with Gasteiger partial charge in [-0.2, -0.15) is 0 Å². The predicted octanol–water partition coefficient (Wildman–Crippen LogP) is 1.95. The molecule has 1 aliphatic heterocycles. The minimum absolute atomic E-state index is 0.376. The molecule has 72 valence electrons. The van der Waals surface area contributed by atoms with Crippen LogP contribution in [0, 0.1) is 4.91 Å². The molecule has 0 saturated carbocycles. The van der Waals surface area contributed by atoms with Crippen molar-refractivity contribution in [3.63, 3.8) is 0 Å². The molecule has 0 radical (unpaired) electrons. The molecular weight excluding hydrogens is 200 g/mol. The van der Waals surface area contributed by atoms with Crippen molar-refractivity contribution in [2.75, 3.05) is 12.4 Å².